The van der Waals surface area contributed by atoms with E-state index in [9.17, 15) is 19.8 Å². The van der Waals surface area contributed by atoms with Gasteiger partial charge >= 0.3 is 11.9 Å². The lowest BCUT2D eigenvalue weighted by Crippen LogP contribution is -2.23. The summed E-state index contributed by atoms with van der Waals surface area (Å²) >= 11 is 0. The van der Waals surface area contributed by atoms with Crippen molar-refractivity contribution in [3.8, 4) is 11.5 Å². The number of esters is 1. The first-order chi connectivity index (χ1) is 13.1. The lowest BCUT2D eigenvalue weighted by atomic mass is 10.1. The van der Waals surface area contributed by atoms with Crippen molar-refractivity contribution in [3.63, 3.8) is 0 Å². The molecule has 8 heteroatoms. The fourth-order valence-corrected chi connectivity index (χ4v) is 3.17. The Morgan fingerprint density at radius 3 is 2.46 bits per heavy atom. The van der Waals surface area contributed by atoms with Crippen molar-refractivity contribution < 1.29 is 29.3 Å². The minimum Gasteiger partial charge on any atom is -0.504 e. The molecule has 0 radical (unpaired) electrons. The zero-order valence-corrected chi connectivity index (χ0v) is 17.2. The van der Waals surface area contributed by atoms with E-state index in [1.807, 2.05) is 0 Å². The van der Waals surface area contributed by atoms with Crippen molar-refractivity contribution in [2.24, 2.45) is 0 Å². The first-order valence-corrected chi connectivity index (χ1v) is 12.5. The molecule has 0 saturated heterocycles. The van der Waals surface area contributed by atoms with Gasteiger partial charge in [-0.25, -0.2) is 9.59 Å². The third-order valence-electron chi connectivity index (χ3n) is 4.03. The van der Waals surface area contributed by atoms with E-state index in [0.29, 0.717) is 17.9 Å². The number of ether oxygens (including phenoxy) is 2. The molecule has 0 atom stereocenters. The molecule has 2 aromatic carbocycles. The van der Waals surface area contributed by atoms with Gasteiger partial charge in [-0.3, -0.25) is 0 Å². The van der Waals surface area contributed by atoms with Gasteiger partial charge in [0.05, 0.1) is 12.2 Å². The molecular formula is C20H25NO6Si. The van der Waals surface area contributed by atoms with Crippen LogP contribution in [0.2, 0.25) is 25.7 Å². The molecule has 0 fully saturated rings. The highest BCUT2D eigenvalue weighted by molar-refractivity contribution is 6.76. The van der Waals surface area contributed by atoms with Gasteiger partial charge in [0.25, 0.3) is 0 Å². The number of nitrogens with two attached hydrogens (primary N) is 1. The van der Waals surface area contributed by atoms with Gasteiger partial charge in [-0.05, 0) is 36.4 Å². The second kappa shape index (κ2) is 8.79. The van der Waals surface area contributed by atoms with E-state index in [2.05, 4.69) is 19.6 Å². The van der Waals surface area contributed by atoms with Crippen molar-refractivity contribution in [2.75, 3.05) is 12.3 Å². The monoisotopic (exact) mass is 403 g/mol. The number of benzene rings is 2. The van der Waals surface area contributed by atoms with E-state index < -0.39 is 20.0 Å². The highest BCUT2D eigenvalue weighted by Gasteiger charge is 2.19. The van der Waals surface area contributed by atoms with E-state index in [1.165, 1.54) is 18.2 Å². The second-order valence-electron chi connectivity index (χ2n) is 7.61. The molecule has 4 N–H and O–H groups in total. The van der Waals surface area contributed by atoms with Crippen molar-refractivity contribution in [3.05, 3.63) is 53.1 Å². The minimum absolute atomic E-state index is 0.151. The molecule has 0 aliphatic heterocycles. The maximum absolute atomic E-state index is 12.5. The molecule has 7 nitrogen and oxygen atoms in total. The quantitative estimate of drug-likeness (QED) is 0.349. The van der Waals surface area contributed by atoms with E-state index in [4.69, 9.17) is 15.2 Å². The number of phenolic OH excluding ortho intramolecular Hbond substituents is 1. The Hall–Kier alpha value is -3.00. The van der Waals surface area contributed by atoms with Crippen LogP contribution in [0, 0.1) is 0 Å². The summed E-state index contributed by atoms with van der Waals surface area (Å²) in [5, 5.41) is 19.2. The number of rotatable bonds is 8. The Bertz CT molecular complexity index is 875. The van der Waals surface area contributed by atoms with Crippen LogP contribution in [0.1, 0.15) is 26.3 Å². The summed E-state index contributed by atoms with van der Waals surface area (Å²) in [5.41, 5.74) is 6.79. The molecular weight excluding hydrogens is 378 g/mol. The van der Waals surface area contributed by atoms with Gasteiger partial charge in [0.2, 0.25) is 0 Å². The maximum atomic E-state index is 12.5. The number of carbonyl (C=O) groups is 2. The Morgan fingerprint density at radius 1 is 1.11 bits per heavy atom. The molecule has 0 aliphatic carbocycles. The summed E-state index contributed by atoms with van der Waals surface area (Å²) in [5.74, 6) is -2.20. The first kappa shape index (κ1) is 21.3. The molecule has 0 bridgehead atoms. The summed E-state index contributed by atoms with van der Waals surface area (Å²) in [6.45, 7) is 6.75. The van der Waals surface area contributed by atoms with E-state index >= 15 is 0 Å². The molecule has 0 heterocycles. The Kier molecular flexibility index (Phi) is 6.69. The highest BCUT2D eigenvalue weighted by atomic mass is 28.3. The van der Waals surface area contributed by atoms with Gasteiger partial charge < -0.3 is 25.4 Å². The summed E-state index contributed by atoms with van der Waals surface area (Å²) in [6.07, 6.45) is 0. The molecule has 0 aliphatic rings. The number of para-hydroxylation sites is 1. The summed E-state index contributed by atoms with van der Waals surface area (Å²) < 4.78 is 10.9. The van der Waals surface area contributed by atoms with Crippen LogP contribution in [0.5, 0.6) is 11.5 Å². The van der Waals surface area contributed by atoms with Crippen LogP contribution >= 0.6 is 0 Å². The molecule has 0 aromatic heterocycles. The number of anilines is 1. The van der Waals surface area contributed by atoms with Crippen LogP contribution < -0.4 is 10.5 Å². The van der Waals surface area contributed by atoms with Gasteiger partial charge in [0.1, 0.15) is 12.2 Å². The Balaban J connectivity index is 2.20. The van der Waals surface area contributed by atoms with Crippen molar-refractivity contribution >= 4 is 25.7 Å². The highest BCUT2D eigenvalue weighted by Crippen LogP contribution is 2.31. The number of aromatic hydroxyl groups is 1. The predicted molar refractivity (Wildman–Crippen MR) is 109 cm³/mol. The lowest BCUT2D eigenvalue weighted by Gasteiger charge is -2.16. The first-order valence-electron chi connectivity index (χ1n) is 8.82. The van der Waals surface area contributed by atoms with Crippen LogP contribution in [0.15, 0.2) is 36.4 Å². The number of hydrogen-bond donors (Lipinski definition) is 3. The number of aromatic carboxylic acids is 1. The Labute approximate surface area is 164 Å². The van der Waals surface area contributed by atoms with E-state index in [0.717, 1.165) is 6.04 Å². The molecule has 2 rings (SSSR count). The predicted octanol–water partition coefficient (Wildman–Crippen LogP) is 3.75. The third kappa shape index (κ3) is 5.75. The minimum atomic E-state index is -1.34. The van der Waals surface area contributed by atoms with E-state index in [-0.39, 0.29) is 29.2 Å². The van der Waals surface area contributed by atoms with Gasteiger partial charge in [0, 0.05) is 19.3 Å². The SMILES string of the molecule is C[Si](C)(C)CCOC(=O)c1ccc(N)cc1COc1c(O)cccc1C(=O)O. The summed E-state index contributed by atoms with van der Waals surface area (Å²) in [7, 11) is -1.34. The van der Waals surface area contributed by atoms with Gasteiger partial charge in [-0.1, -0.05) is 25.7 Å². The fraction of sp³-hybridized carbons (Fsp3) is 0.300. The number of carboxylic acid groups (broad SMARTS) is 1. The molecule has 0 spiro atoms. The van der Waals surface area contributed by atoms with Gasteiger partial charge in [-0.2, -0.15) is 0 Å². The van der Waals surface area contributed by atoms with Crippen LogP contribution in [-0.4, -0.2) is 36.8 Å². The molecule has 150 valence electrons. The second-order valence-corrected chi connectivity index (χ2v) is 13.2. The Morgan fingerprint density at radius 2 is 1.82 bits per heavy atom. The number of nitrogen functional groups attached to an aromatic ring is 1. The van der Waals surface area contributed by atoms with Crippen molar-refractivity contribution in [2.45, 2.75) is 32.3 Å². The zero-order valence-electron chi connectivity index (χ0n) is 16.2. The molecule has 0 unspecified atom stereocenters. The fourth-order valence-electron chi connectivity index (χ4n) is 2.45. The average molecular weight is 404 g/mol. The number of phenols is 1. The standard InChI is InChI=1S/C20H25NO6Si/c1-28(2,3)10-9-26-20(25)15-8-7-14(21)11-13(15)12-27-18-16(19(23)24)5-4-6-17(18)22/h4-8,11,22H,9-10,12,21H2,1-3H3,(H,23,24). The number of carbonyl (C=O) groups excluding carboxylic acids is 1. The topological polar surface area (TPSA) is 119 Å². The maximum Gasteiger partial charge on any atom is 0.339 e. The van der Waals surface area contributed by atoms with Crippen molar-refractivity contribution in [1.29, 1.82) is 0 Å². The number of carboxylic acids is 1. The van der Waals surface area contributed by atoms with Gasteiger partial charge in [0.15, 0.2) is 11.5 Å². The average Bonchev–Trinajstić information content (AvgIpc) is 2.59. The molecule has 0 amide bonds. The molecule has 2 aromatic rings. The largest absolute Gasteiger partial charge is 0.504 e. The lowest BCUT2D eigenvalue weighted by molar-refractivity contribution is 0.0521. The normalized spacial score (nSPS) is 11.1. The summed E-state index contributed by atoms with van der Waals surface area (Å²) in [6, 6.07) is 9.60. The molecule has 0 saturated carbocycles. The van der Waals surface area contributed by atoms with Crippen LogP contribution in [0.4, 0.5) is 5.69 Å². The van der Waals surface area contributed by atoms with Crippen LogP contribution in [0.3, 0.4) is 0 Å². The summed E-state index contributed by atoms with van der Waals surface area (Å²) in [4.78, 5) is 23.8. The van der Waals surface area contributed by atoms with E-state index in [1.54, 1.807) is 18.2 Å². The van der Waals surface area contributed by atoms with Crippen LogP contribution in [0.25, 0.3) is 0 Å². The number of hydrogen-bond acceptors (Lipinski definition) is 6. The zero-order chi connectivity index (χ0) is 20.9. The van der Waals surface area contributed by atoms with Crippen molar-refractivity contribution in [1.82, 2.24) is 0 Å². The van der Waals surface area contributed by atoms with Crippen LogP contribution in [-0.2, 0) is 11.3 Å². The van der Waals surface area contributed by atoms with Gasteiger partial charge in [-0.15, -0.1) is 0 Å². The third-order valence-corrected chi connectivity index (χ3v) is 5.74. The smallest absolute Gasteiger partial charge is 0.339 e. The molecule has 28 heavy (non-hydrogen) atoms.